The standard InChI is InChI=1S/C17H16N2OS/c18-14-7-4-8-15(11-14)20-10-9-17-19-16(12-21-17)13-5-2-1-3-6-13/h1-8,11-12H,9-10,18H2. The van der Waals surface area contributed by atoms with Crippen LogP contribution in [0.2, 0.25) is 0 Å². The summed E-state index contributed by atoms with van der Waals surface area (Å²) in [4.78, 5) is 4.64. The summed E-state index contributed by atoms with van der Waals surface area (Å²) in [5.41, 5.74) is 8.61. The lowest BCUT2D eigenvalue weighted by atomic mass is 10.2. The van der Waals surface area contributed by atoms with Gasteiger partial charge in [-0.3, -0.25) is 0 Å². The van der Waals surface area contributed by atoms with Gasteiger partial charge in [-0.05, 0) is 12.1 Å². The van der Waals surface area contributed by atoms with Gasteiger partial charge in [-0.25, -0.2) is 4.98 Å². The van der Waals surface area contributed by atoms with Crippen molar-refractivity contribution < 1.29 is 4.74 Å². The molecule has 2 aromatic carbocycles. The van der Waals surface area contributed by atoms with Gasteiger partial charge in [-0.15, -0.1) is 11.3 Å². The topological polar surface area (TPSA) is 48.1 Å². The lowest BCUT2D eigenvalue weighted by molar-refractivity contribution is 0.322. The first-order chi connectivity index (χ1) is 10.3. The third kappa shape index (κ3) is 3.61. The quantitative estimate of drug-likeness (QED) is 0.724. The Kier molecular flexibility index (Phi) is 4.17. The fraction of sp³-hybridized carbons (Fsp3) is 0.118. The van der Waals surface area contributed by atoms with Crippen molar-refractivity contribution in [3.05, 3.63) is 65.0 Å². The second kappa shape index (κ2) is 6.41. The first-order valence-electron chi connectivity index (χ1n) is 6.79. The highest BCUT2D eigenvalue weighted by Gasteiger charge is 2.04. The highest BCUT2D eigenvalue weighted by atomic mass is 32.1. The van der Waals surface area contributed by atoms with Crippen molar-refractivity contribution in [3.8, 4) is 17.0 Å². The predicted octanol–water partition coefficient (Wildman–Crippen LogP) is 4.01. The van der Waals surface area contributed by atoms with Gasteiger partial charge in [0.05, 0.1) is 17.3 Å². The molecule has 1 aromatic heterocycles. The molecule has 1 heterocycles. The monoisotopic (exact) mass is 296 g/mol. The minimum atomic E-state index is 0.602. The molecule has 3 aromatic rings. The van der Waals surface area contributed by atoms with Crippen LogP contribution in [0.25, 0.3) is 11.3 Å². The van der Waals surface area contributed by atoms with Gasteiger partial charge in [0.25, 0.3) is 0 Å². The number of anilines is 1. The lowest BCUT2D eigenvalue weighted by Crippen LogP contribution is -2.01. The van der Waals surface area contributed by atoms with E-state index in [2.05, 4.69) is 22.5 Å². The van der Waals surface area contributed by atoms with Gasteiger partial charge in [-0.2, -0.15) is 0 Å². The normalized spacial score (nSPS) is 10.5. The Morgan fingerprint density at radius 1 is 1.05 bits per heavy atom. The Morgan fingerprint density at radius 3 is 2.71 bits per heavy atom. The van der Waals surface area contributed by atoms with Gasteiger partial charge >= 0.3 is 0 Å². The van der Waals surface area contributed by atoms with Gasteiger partial charge < -0.3 is 10.5 Å². The second-order valence-electron chi connectivity index (χ2n) is 4.66. The fourth-order valence-corrected chi connectivity index (χ4v) is 2.82. The van der Waals surface area contributed by atoms with E-state index in [1.165, 1.54) is 0 Å². The Balaban J connectivity index is 1.58. The zero-order valence-corrected chi connectivity index (χ0v) is 12.3. The van der Waals surface area contributed by atoms with Crippen LogP contribution >= 0.6 is 11.3 Å². The molecule has 0 radical (unpaired) electrons. The molecule has 0 saturated carbocycles. The Labute approximate surface area is 128 Å². The molecule has 0 spiro atoms. The average molecular weight is 296 g/mol. The van der Waals surface area contributed by atoms with E-state index >= 15 is 0 Å². The molecular weight excluding hydrogens is 280 g/mol. The summed E-state index contributed by atoms with van der Waals surface area (Å²) in [5.74, 6) is 0.801. The van der Waals surface area contributed by atoms with E-state index in [-0.39, 0.29) is 0 Å². The van der Waals surface area contributed by atoms with Crippen LogP contribution in [0.4, 0.5) is 5.69 Å². The van der Waals surface area contributed by atoms with Gasteiger partial charge in [0.1, 0.15) is 5.75 Å². The number of hydrogen-bond donors (Lipinski definition) is 1. The van der Waals surface area contributed by atoms with E-state index in [0.717, 1.165) is 28.4 Å². The third-order valence-electron chi connectivity index (χ3n) is 3.06. The van der Waals surface area contributed by atoms with Crippen LogP contribution < -0.4 is 10.5 Å². The number of hydrogen-bond acceptors (Lipinski definition) is 4. The molecule has 0 aliphatic carbocycles. The molecular formula is C17H16N2OS. The van der Waals surface area contributed by atoms with E-state index in [1.54, 1.807) is 11.3 Å². The molecule has 106 valence electrons. The summed E-state index contributed by atoms with van der Waals surface area (Å²) in [6.07, 6.45) is 0.798. The molecule has 4 heteroatoms. The van der Waals surface area contributed by atoms with Gasteiger partial charge in [0.2, 0.25) is 0 Å². The van der Waals surface area contributed by atoms with Gasteiger partial charge in [0, 0.05) is 29.1 Å². The maximum Gasteiger partial charge on any atom is 0.121 e. The number of benzene rings is 2. The largest absolute Gasteiger partial charge is 0.493 e. The summed E-state index contributed by atoms with van der Waals surface area (Å²) in [7, 11) is 0. The SMILES string of the molecule is Nc1cccc(OCCc2nc(-c3ccccc3)cs2)c1. The molecule has 2 N–H and O–H groups in total. The van der Waals surface area contributed by atoms with Crippen LogP contribution in [-0.4, -0.2) is 11.6 Å². The average Bonchev–Trinajstić information content (AvgIpc) is 2.97. The summed E-state index contributed by atoms with van der Waals surface area (Å²) < 4.78 is 5.69. The van der Waals surface area contributed by atoms with E-state index in [9.17, 15) is 0 Å². The highest BCUT2D eigenvalue weighted by molar-refractivity contribution is 7.09. The molecule has 21 heavy (non-hydrogen) atoms. The summed E-state index contributed by atoms with van der Waals surface area (Å²) in [6, 6.07) is 17.7. The van der Waals surface area contributed by atoms with E-state index in [0.29, 0.717) is 12.3 Å². The van der Waals surface area contributed by atoms with Crippen molar-refractivity contribution in [1.82, 2.24) is 4.98 Å². The number of rotatable bonds is 5. The zero-order chi connectivity index (χ0) is 14.5. The Bertz CT molecular complexity index is 710. The fourth-order valence-electron chi connectivity index (χ4n) is 2.03. The Morgan fingerprint density at radius 2 is 1.90 bits per heavy atom. The number of nitrogens with two attached hydrogens (primary N) is 1. The molecule has 0 aliphatic heterocycles. The van der Waals surface area contributed by atoms with Crippen molar-refractivity contribution in [2.45, 2.75) is 6.42 Å². The predicted molar refractivity (Wildman–Crippen MR) is 87.6 cm³/mol. The van der Waals surface area contributed by atoms with Crippen LogP contribution in [0.15, 0.2) is 60.0 Å². The molecule has 0 aliphatic rings. The van der Waals surface area contributed by atoms with Crippen molar-refractivity contribution >= 4 is 17.0 Å². The summed E-state index contributed by atoms with van der Waals surface area (Å²) in [5, 5.41) is 3.17. The first kappa shape index (κ1) is 13.6. The molecule has 0 atom stereocenters. The lowest BCUT2D eigenvalue weighted by Gasteiger charge is -2.05. The maximum atomic E-state index is 5.72. The van der Waals surface area contributed by atoms with E-state index in [1.807, 2.05) is 42.5 Å². The highest BCUT2D eigenvalue weighted by Crippen LogP contribution is 2.22. The molecule has 3 nitrogen and oxygen atoms in total. The van der Waals surface area contributed by atoms with E-state index in [4.69, 9.17) is 10.5 Å². The molecule has 0 amide bonds. The summed E-state index contributed by atoms with van der Waals surface area (Å²) >= 11 is 1.67. The maximum absolute atomic E-state index is 5.72. The third-order valence-corrected chi connectivity index (χ3v) is 3.97. The van der Waals surface area contributed by atoms with Gasteiger partial charge in [-0.1, -0.05) is 36.4 Å². The minimum Gasteiger partial charge on any atom is -0.493 e. The van der Waals surface area contributed by atoms with Crippen molar-refractivity contribution in [1.29, 1.82) is 0 Å². The van der Waals surface area contributed by atoms with Crippen LogP contribution in [0.5, 0.6) is 5.75 Å². The molecule has 0 saturated heterocycles. The smallest absolute Gasteiger partial charge is 0.121 e. The van der Waals surface area contributed by atoms with Crippen LogP contribution in [0, 0.1) is 0 Å². The number of ether oxygens (including phenoxy) is 1. The van der Waals surface area contributed by atoms with E-state index < -0.39 is 0 Å². The molecule has 0 unspecified atom stereocenters. The molecule has 3 rings (SSSR count). The molecule has 0 bridgehead atoms. The summed E-state index contributed by atoms with van der Waals surface area (Å²) in [6.45, 7) is 0.602. The Hall–Kier alpha value is -2.33. The number of thiazole rings is 1. The van der Waals surface area contributed by atoms with Crippen LogP contribution in [-0.2, 0) is 6.42 Å². The zero-order valence-electron chi connectivity index (χ0n) is 11.5. The molecule has 0 fully saturated rings. The van der Waals surface area contributed by atoms with Crippen molar-refractivity contribution in [2.24, 2.45) is 0 Å². The second-order valence-corrected chi connectivity index (χ2v) is 5.61. The number of aromatic nitrogens is 1. The first-order valence-corrected chi connectivity index (χ1v) is 7.67. The van der Waals surface area contributed by atoms with Crippen molar-refractivity contribution in [3.63, 3.8) is 0 Å². The number of nitrogen functional groups attached to an aromatic ring is 1. The number of nitrogens with zero attached hydrogens (tertiary/aromatic N) is 1. The van der Waals surface area contributed by atoms with Crippen molar-refractivity contribution in [2.75, 3.05) is 12.3 Å². The minimum absolute atomic E-state index is 0.602. The van der Waals surface area contributed by atoms with Crippen LogP contribution in [0.3, 0.4) is 0 Å². The van der Waals surface area contributed by atoms with Gasteiger partial charge in [0.15, 0.2) is 0 Å². The van der Waals surface area contributed by atoms with Crippen LogP contribution in [0.1, 0.15) is 5.01 Å².